The summed E-state index contributed by atoms with van der Waals surface area (Å²) >= 11 is 3.38. The van der Waals surface area contributed by atoms with Crippen LogP contribution in [0.4, 0.5) is 4.39 Å². The van der Waals surface area contributed by atoms with Crippen molar-refractivity contribution in [2.24, 2.45) is 0 Å². The van der Waals surface area contributed by atoms with E-state index in [1.807, 2.05) is 11.8 Å². The van der Waals surface area contributed by atoms with Gasteiger partial charge in [-0.1, -0.05) is 15.9 Å². The molecule has 0 radical (unpaired) electrons. The number of hydrogen-bond acceptors (Lipinski definition) is 2. The summed E-state index contributed by atoms with van der Waals surface area (Å²) in [6.45, 7) is 4.04. The van der Waals surface area contributed by atoms with E-state index in [4.69, 9.17) is 0 Å². The summed E-state index contributed by atoms with van der Waals surface area (Å²) in [5.74, 6) is -0.136. The minimum Gasteiger partial charge on any atom is -0.341 e. The van der Waals surface area contributed by atoms with Crippen molar-refractivity contribution in [1.82, 2.24) is 10.2 Å². The van der Waals surface area contributed by atoms with E-state index in [1.54, 1.807) is 6.07 Å². The van der Waals surface area contributed by atoms with Gasteiger partial charge in [0.05, 0.1) is 6.04 Å². The predicted molar refractivity (Wildman–Crippen MR) is 76.2 cm³/mol. The molecule has 1 fully saturated rings. The van der Waals surface area contributed by atoms with E-state index in [0.717, 1.165) is 36.0 Å². The van der Waals surface area contributed by atoms with E-state index >= 15 is 0 Å². The van der Waals surface area contributed by atoms with Crippen LogP contribution in [0.5, 0.6) is 0 Å². The first-order valence-corrected chi connectivity index (χ1v) is 7.33. The van der Waals surface area contributed by atoms with Gasteiger partial charge >= 0.3 is 0 Å². The van der Waals surface area contributed by atoms with Crippen LogP contribution in [0.15, 0.2) is 22.7 Å². The fourth-order valence-electron chi connectivity index (χ4n) is 2.24. The first-order chi connectivity index (χ1) is 9.08. The van der Waals surface area contributed by atoms with Crippen molar-refractivity contribution in [1.29, 1.82) is 0 Å². The van der Waals surface area contributed by atoms with Crippen LogP contribution in [-0.4, -0.2) is 29.9 Å². The highest BCUT2D eigenvalue weighted by Crippen LogP contribution is 2.18. The lowest BCUT2D eigenvalue weighted by molar-refractivity contribution is -0.131. The summed E-state index contributed by atoms with van der Waals surface area (Å²) in [5, 5.41) is 3.16. The van der Waals surface area contributed by atoms with E-state index in [2.05, 4.69) is 21.2 Å². The maximum absolute atomic E-state index is 13.2. The van der Waals surface area contributed by atoms with E-state index in [9.17, 15) is 9.18 Å². The molecule has 1 N–H and O–H groups in total. The zero-order chi connectivity index (χ0) is 13.8. The van der Waals surface area contributed by atoms with Gasteiger partial charge in [-0.05, 0) is 43.5 Å². The Morgan fingerprint density at radius 3 is 2.84 bits per heavy atom. The van der Waals surface area contributed by atoms with Gasteiger partial charge in [0, 0.05) is 24.1 Å². The summed E-state index contributed by atoms with van der Waals surface area (Å²) in [6.07, 6.45) is 2.18. The average Bonchev–Trinajstić information content (AvgIpc) is 2.92. The van der Waals surface area contributed by atoms with Crippen molar-refractivity contribution in [3.05, 3.63) is 34.1 Å². The predicted octanol–water partition coefficient (Wildman–Crippen LogP) is 2.69. The molecule has 0 aromatic heterocycles. The number of benzene rings is 1. The summed E-state index contributed by atoms with van der Waals surface area (Å²) in [5.41, 5.74) is 0.820. The normalized spacial score (nSPS) is 16.7. The molecule has 1 heterocycles. The Bertz CT molecular complexity index is 461. The molecule has 0 bridgehead atoms. The van der Waals surface area contributed by atoms with Gasteiger partial charge in [-0.2, -0.15) is 0 Å². The Morgan fingerprint density at radius 2 is 2.16 bits per heavy atom. The molecule has 0 saturated carbocycles. The minimum absolute atomic E-state index is 0.130. The molecule has 1 unspecified atom stereocenters. The second-order valence-electron chi connectivity index (χ2n) is 4.87. The highest BCUT2D eigenvalue weighted by molar-refractivity contribution is 9.10. The zero-order valence-electron chi connectivity index (χ0n) is 11.0. The third-order valence-electron chi connectivity index (χ3n) is 3.39. The van der Waals surface area contributed by atoms with Gasteiger partial charge in [0.15, 0.2) is 0 Å². The number of carbonyl (C=O) groups excluding carboxylic acids is 1. The van der Waals surface area contributed by atoms with Crippen LogP contribution in [-0.2, 0) is 11.3 Å². The van der Waals surface area contributed by atoms with E-state index < -0.39 is 0 Å². The number of amides is 1. The standard InChI is InChI=1S/C14H18BrFN2O/c1-10(14(19)18-6-2-3-7-18)17-9-11-8-12(16)4-5-13(11)15/h4-5,8,10,17H,2-3,6-7,9H2,1H3. The lowest BCUT2D eigenvalue weighted by Crippen LogP contribution is -2.43. The lowest BCUT2D eigenvalue weighted by Gasteiger charge is -2.21. The number of rotatable bonds is 4. The van der Waals surface area contributed by atoms with Crippen molar-refractivity contribution in [2.75, 3.05) is 13.1 Å². The van der Waals surface area contributed by atoms with Gasteiger partial charge in [0.25, 0.3) is 0 Å². The van der Waals surface area contributed by atoms with Gasteiger partial charge in [-0.25, -0.2) is 4.39 Å². The molecule has 19 heavy (non-hydrogen) atoms. The smallest absolute Gasteiger partial charge is 0.239 e. The van der Waals surface area contributed by atoms with Crippen molar-refractivity contribution in [3.63, 3.8) is 0 Å². The molecule has 3 nitrogen and oxygen atoms in total. The Hall–Kier alpha value is -0.940. The third-order valence-corrected chi connectivity index (χ3v) is 4.17. The topological polar surface area (TPSA) is 32.3 Å². The van der Waals surface area contributed by atoms with Crippen LogP contribution >= 0.6 is 15.9 Å². The molecular weight excluding hydrogens is 311 g/mol. The highest BCUT2D eigenvalue weighted by atomic mass is 79.9. The van der Waals surface area contributed by atoms with Gasteiger partial charge < -0.3 is 10.2 Å². The second kappa shape index (κ2) is 6.48. The van der Waals surface area contributed by atoms with Crippen LogP contribution in [0.25, 0.3) is 0 Å². The number of carbonyl (C=O) groups is 1. The van der Waals surface area contributed by atoms with Gasteiger partial charge in [-0.15, -0.1) is 0 Å². The van der Waals surface area contributed by atoms with E-state index in [0.29, 0.717) is 6.54 Å². The molecule has 104 valence electrons. The first kappa shape index (κ1) is 14.5. The zero-order valence-corrected chi connectivity index (χ0v) is 12.5. The fourth-order valence-corrected chi connectivity index (χ4v) is 2.63. The maximum atomic E-state index is 13.2. The van der Waals surface area contributed by atoms with Crippen molar-refractivity contribution in [3.8, 4) is 0 Å². The van der Waals surface area contributed by atoms with Crippen LogP contribution < -0.4 is 5.32 Å². The maximum Gasteiger partial charge on any atom is 0.239 e. The molecule has 1 aliphatic heterocycles. The number of halogens is 2. The monoisotopic (exact) mass is 328 g/mol. The average molecular weight is 329 g/mol. The molecule has 0 aliphatic carbocycles. The van der Waals surface area contributed by atoms with Gasteiger partial charge in [0.1, 0.15) is 5.82 Å². The molecule has 1 amide bonds. The molecule has 1 aliphatic rings. The van der Waals surface area contributed by atoms with Gasteiger partial charge in [-0.3, -0.25) is 4.79 Å². The van der Waals surface area contributed by atoms with Crippen molar-refractivity contribution in [2.45, 2.75) is 32.4 Å². The number of hydrogen-bond donors (Lipinski definition) is 1. The van der Waals surface area contributed by atoms with Crippen LogP contribution in [0, 0.1) is 5.82 Å². The molecule has 0 spiro atoms. The third kappa shape index (κ3) is 3.76. The SMILES string of the molecule is CC(NCc1cc(F)ccc1Br)C(=O)N1CCCC1. The van der Waals surface area contributed by atoms with E-state index in [-0.39, 0.29) is 17.8 Å². The van der Waals surface area contributed by atoms with Gasteiger partial charge in [0.2, 0.25) is 5.91 Å². The fraction of sp³-hybridized carbons (Fsp3) is 0.500. The van der Waals surface area contributed by atoms with E-state index in [1.165, 1.54) is 12.1 Å². The Balaban J connectivity index is 1.90. The lowest BCUT2D eigenvalue weighted by atomic mass is 10.2. The van der Waals surface area contributed by atoms with Crippen molar-refractivity contribution < 1.29 is 9.18 Å². The summed E-state index contributed by atoms with van der Waals surface area (Å²) in [6, 6.07) is 4.32. The summed E-state index contributed by atoms with van der Waals surface area (Å²) in [7, 11) is 0. The van der Waals surface area contributed by atoms with Crippen LogP contribution in [0.3, 0.4) is 0 Å². The van der Waals surface area contributed by atoms with Crippen LogP contribution in [0.1, 0.15) is 25.3 Å². The molecule has 1 atom stereocenters. The molecule has 2 rings (SSSR count). The quantitative estimate of drug-likeness (QED) is 0.921. The first-order valence-electron chi connectivity index (χ1n) is 6.54. The molecule has 1 saturated heterocycles. The second-order valence-corrected chi connectivity index (χ2v) is 5.73. The molecule has 5 heteroatoms. The summed E-state index contributed by atoms with van der Waals surface area (Å²) < 4.78 is 14.0. The number of likely N-dealkylation sites (tertiary alicyclic amines) is 1. The Labute approximate surface area is 121 Å². The van der Waals surface area contributed by atoms with Crippen molar-refractivity contribution >= 4 is 21.8 Å². The van der Waals surface area contributed by atoms with Crippen LogP contribution in [0.2, 0.25) is 0 Å². The molecular formula is C14H18BrFN2O. The largest absolute Gasteiger partial charge is 0.341 e. The molecule has 1 aromatic carbocycles. The Morgan fingerprint density at radius 1 is 1.47 bits per heavy atom. The Kier molecular flexibility index (Phi) is 4.93. The highest BCUT2D eigenvalue weighted by Gasteiger charge is 2.22. The number of nitrogens with one attached hydrogen (secondary N) is 1. The molecule has 1 aromatic rings. The summed E-state index contributed by atoms with van der Waals surface area (Å²) in [4.78, 5) is 14.0. The number of nitrogens with zero attached hydrogens (tertiary/aromatic N) is 1. The minimum atomic E-state index is -0.265.